The van der Waals surface area contributed by atoms with Crippen molar-refractivity contribution in [3.63, 3.8) is 0 Å². The molecule has 1 fully saturated rings. The van der Waals surface area contributed by atoms with Gasteiger partial charge in [0.2, 0.25) is 0 Å². The monoisotopic (exact) mass is 260 g/mol. The summed E-state index contributed by atoms with van der Waals surface area (Å²) in [6.07, 6.45) is 1.84. The van der Waals surface area contributed by atoms with Crippen LogP contribution in [0.2, 0.25) is 0 Å². The fourth-order valence-electron chi connectivity index (χ4n) is 1.76. The quantitative estimate of drug-likeness (QED) is 0.487. The number of amides is 2. The van der Waals surface area contributed by atoms with Crippen molar-refractivity contribution in [2.24, 2.45) is 0 Å². The Morgan fingerprint density at radius 3 is 2.50 bits per heavy atom. The topological polar surface area (TPSA) is 110 Å². The van der Waals surface area contributed by atoms with E-state index in [-0.39, 0.29) is 25.2 Å². The van der Waals surface area contributed by atoms with Crippen molar-refractivity contribution in [3.8, 4) is 0 Å². The van der Waals surface area contributed by atoms with Crippen LogP contribution in [0, 0.1) is 0 Å². The largest absolute Gasteiger partial charge is 0.479 e. The molecular formula is C11H20N2O5. The Labute approximate surface area is 105 Å². The van der Waals surface area contributed by atoms with E-state index in [0.29, 0.717) is 13.0 Å². The summed E-state index contributed by atoms with van der Waals surface area (Å²) in [5.74, 6) is -1.36. The van der Waals surface area contributed by atoms with E-state index in [0.717, 1.165) is 19.3 Å². The molecule has 0 aromatic heterocycles. The summed E-state index contributed by atoms with van der Waals surface area (Å²) in [6, 6.07) is -0.216. The van der Waals surface area contributed by atoms with E-state index in [4.69, 9.17) is 15.3 Å². The molecule has 1 rings (SSSR count). The van der Waals surface area contributed by atoms with Crippen LogP contribution in [0.1, 0.15) is 25.7 Å². The van der Waals surface area contributed by atoms with Gasteiger partial charge in [0.15, 0.2) is 6.10 Å². The fourth-order valence-corrected chi connectivity index (χ4v) is 1.76. The van der Waals surface area contributed by atoms with Crippen LogP contribution in [-0.2, 0) is 4.79 Å². The molecule has 2 amide bonds. The zero-order valence-electron chi connectivity index (χ0n) is 10.2. The van der Waals surface area contributed by atoms with Crippen molar-refractivity contribution in [3.05, 3.63) is 0 Å². The highest BCUT2D eigenvalue weighted by Gasteiger charge is 2.28. The first-order chi connectivity index (χ1) is 8.56. The molecule has 18 heavy (non-hydrogen) atoms. The zero-order valence-corrected chi connectivity index (χ0v) is 10.2. The average molecular weight is 260 g/mol. The number of urea groups is 1. The van der Waals surface area contributed by atoms with Gasteiger partial charge in [0.05, 0.1) is 6.54 Å². The third-order valence-electron chi connectivity index (χ3n) is 3.07. The summed E-state index contributed by atoms with van der Waals surface area (Å²) in [4.78, 5) is 23.9. The average Bonchev–Trinajstić information content (AvgIpc) is 2.28. The molecular weight excluding hydrogens is 240 g/mol. The molecule has 0 saturated heterocycles. The molecule has 0 spiro atoms. The number of aliphatic carboxylic acids is 1. The number of nitrogens with zero attached hydrogens (tertiary/aromatic N) is 1. The summed E-state index contributed by atoms with van der Waals surface area (Å²) in [6.45, 7) is 0.140. The standard InChI is InChI=1S/C11H20N2O5/c14-6-2-5-13(8-3-1-4-8)11(18)12-7-9(15)10(16)17/h8-9,14-15H,1-7H2,(H,12,18)(H,16,17)/t9-/m0/s1. The van der Waals surface area contributed by atoms with Crippen molar-refractivity contribution in [1.29, 1.82) is 0 Å². The number of aliphatic hydroxyl groups excluding tert-OH is 2. The number of nitrogens with one attached hydrogen (secondary N) is 1. The molecule has 1 saturated carbocycles. The van der Waals surface area contributed by atoms with Crippen LogP contribution in [0.5, 0.6) is 0 Å². The number of carboxylic acid groups (broad SMARTS) is 1. The number of hydrogen-bond donors (Lipinski definition) is 4. The van der Waals surface area contributed by atoms with E-state index >= 15 is 0 Å². The molecule has 0 radical (unpaired) electrons. The predicted molar refractivity (Wildman–Crippen MR) is 63.1 cm³/mol. The number of rotatable bonds is 7. The summed E-state index contributed by atoms with van der Waals surface area (Å²) >= 11 is 0. The number of carboxylic acids is 1. The second-order valence-electron chi connectivity index (χ2n) is 4.40. The lowest BCUT2D eigenvalue weighted by atomic mass is 9.91. The summed E-state index contributed by atoms with van der Waals surface area (Å²) < 4.78 is 0. The number of carbonyl (C=O) groups is 2. The first kappa shape index (κ1) is 14.7. The molecule has 0 unspecified atom stereocenters. The lowest BCUT2D eigenvalue weighted by Gasteiger charge is -2.37. The molecule has 7 heteroatoms. The minimum atomic E-state index is -1.59. The van der Waals surface area contributed by atoms with Crippen molar-refractivity contribution < 1.29 is 24.9 Å². The molecule has 1 aliphatic rings. The number of hydrogen-bond acceptors (Lipinski definition) is 4. The van der Waals surface area contributed by atoms with Crippen molar-refractivity contribution in [2.45, 2.75) is 37.8 Å². The highest BCUT2D eigenvalue weighted by Crippen LogP contribution is 2.24. The first-order valence-corrected chi connectivity index (χ1v) is 6.12. The van der Waals surface area contributed by atoms with Gasteiger partial charge in [0.1, 0.15) is 0 Å². The molecule has 0 aromatic carbocycles. The minimum Gasteiger partial charge on any atom is -0.479 e. The second kappa shape index (κ2) is 7.17. The van der Waals surface area contributed by atoms with Crippen LogP contribution in [0.4, 0.5) is 4.79 Å². The summed E-state index contributed by atoms with van der Waals surface area (Å²) in [7, 11) is 0. The van der Waals surface area contributed by atoms with Crippen molar-refractivity contribution in [1.82, 2.24) is 10.2 Å². The first-order valence-electron chi connectivity index (χ1n) is 6.12. The Hall–Kier alpha value is -1.34. The third-order valence-corrected chi connectivity index (χ3v) is 3.07. The van der Waals surface area contributed by atoms with Gasteiger partial charge in [-0.2, -0.15) is 0 Å². The predicted octanol–water partition coefficient (Wildman–Crippen LogP) is -0.622. The molecule has 0 bridgehead atoms. The van der Waals surface area contributed by atoms with Gasteiger partial charge in [0, 0.05) is 19.2 Å². The molecule has 4 N–H and O–H groups in total. The van der Waals surface area contributed by atoms with E-state index in [1.807, 2.05) is 0 Å². The van der Waals surface area contributed by atoms with E-state index < -0.39 is 12.1 Å². The molecule has 0 aliphatic heterocycles. The number of carbonyl (C=O) groups excluding carboxylic acids is 1. The molecule has 104 valence electrons. The molecule has 1 atom stereocenters. The Morgan fingerprint density at radius 1 is 1.39 bits per heavy atom. The second-order valence-corrected chi connectivity index (χ2v) is 4.40. The number of aliphatic hydroxyl groups is 2. The zero-order chi connectivity index (χ0) is 13.5. The van der Waals surface area contributed by atoms with E-state index in [2.05, 4.69) is 5.32 Å². The third kappa shape index (κ3) is 4.15. The lowest BCUT2D eigenvalue weighted by molar-refractivity contribution is -0.146. The van der Waals surface area contributed by atoms with E-state index in [1.165, 1.54) is 0 Å². The Kier molecular flexibility index (Phi) is 5.87. The van der Waals surface area contributed by atoms with Crippen LogP contribution in [0.15, 0.2) is 0 Å². The van der Waals surface area contributed by atoms with Gasteiger partial charge >= 0.3 is 12.0 Å². The van der Waals surface area contributed by atoms with Gasteiger partial charge in [-0.1, -0.05) is 0 Å². The fraction of sp³-hybridized carbons (Fsp3) is 0.818. The molecule has 0 aromatic rings. The van der Waals surface area contributed by atoms with Crippen LogP contribution in [-0.4, -0.2) is 64.1 Å². The van der Waals surface area contributed by atoms with Crippen molar-refractivity contribution in [2.75, 3.05) is 19.7 Å². The van der Waals surface area contributed by atoms with Crippen LogP contribution < -0.4 is 5.32 Å². The highest BCUT2D eigenvalue weighted by atomic mass is 16.4. The maximum atomic E-state index is 11.8. The van der Waals surface area contributed by atoms with E-state index in [9.17, 15) is 9.59 Å². The maximum Gasteiger partial charge on any atom is 0.334 e. The minimum absolute atomic E-state index is 0.00819. The lowest BCUT2D eigenvalue weighted by Crippen LogP contribution is -2.51. The van der Waals surface area contributed by atoms with Gasteiger partial charge < -0.3 is 25.5 Å². The van der Waals surface area contributed by atoms with Crippen LogP contribution >= 0.6 is 0 Å². The smallest absolute Gasteiger partial charge is 0.334 e. The molecule has 1 aliphatic carbocycles. The molecule has 7 nitrogen and oxygen atoms in total. The molecule has 0 heterocycles. The Balaban J connectivity index is 2.40. The maximum absolute atomic E-state index is 11.8. The van der Waals surface area contributed by atoms with Gasteiger partial charge in [-0.05, 0) is 25.7 Å². The van der Waals surface area contributed by atoms with Gasteiger partial charge in [-0.25, -0.2) is 9.59 Å². The van der Waals surface area contributed by atoms with Gasteiger partial charge in [0.25, 0.3) is 0 Å². The summed E-state index contributed by atoms with van der Waals surface area (Å²) in [5, 5.41) is 28.7. The SMILES string of the molecule is O=C(O)[C@@H](O)CNC(=O)N(CCCO)C1CCC1. The van der Waals surface area contributed by atoms with E-state index in [1.54, 1.807) is 4.90 Å². The normalized spacial score (nSPS) is 16.8. The highest BCUT2D eigenvalue weighted by molar-refractivity contribution is 5.77. The van der Waals surface area contributed by atoms with Crippen LogP contribution in [0.25, 0.3) is 0 Å². The van der Waals surface area contributed by atoms with Gasteiger partial charge in [-0.15, -0.1) is 0 Å². The summed E-state index contributed by atoms with van der Waals surface area (Å²) in [5.41, 5.74) is 0. The Morgan fingerprint density at radius 2 is 2.06 bits per heavy atom. The van der Waals surface area contributed by atoms with Crippen molar-refractivity contribution >= 4 is 12.0 Å². The van der Waals surface area contributed by atoms with Crippen LogP contribution in [0.3, 0.4) is 0 Å². The Bertz CT molecular complexity index is 293. The van der Waals surface area contributed by atoms with Gasteiger partial charge in [-0.3, -0.25) is 0 Å².